The summed E-state index contributed by atoms with van der Waals surface area (Å²) in [7, 11) is 1.59. The monoisotopic (exact) mass is 499 g/mol. The number of hydrogen-bond donors (Lipinski definition) is 2. The lowest BCUT2D eigenvalue weighted by atomic mass is 9.77. The third kappa shape index (κ3) is 4.19. The molecule has 5 rings (SSSR count). The first-order valence-corrected chi connectivity index (χ1v) is 12.8. The maximum absolute atomic E-state index is 13.5. The Labute approximate surface area is 212 Å². The van der Waals surface area contributed by atoms with Gasteiger partial charge < -0.3 is 29.2 Å². The van der Waals surface area contributed by atoms with Crippen LogP contribution in [0, 0.1) is 0 Å². The average Bonchev–Trinajstić information content (AvgIpc) is 3.51. The van der Waals surface area contributed by atoms with Crippen LogP contribution in [0.15, 0.2) is 36.6 Å². The highest BCUT2D eigenvalue weighted by molar-refractivity contribution is 5.82. The highest BCUT2D eigenvalue weighted by Gasteiger charge is 2.58. The van der Waals surface area contributed by atoms with Gasteiger partial charge in [0.05, 0.1) is 24.2 Å². The summed E-state index contributed by atoms with van der Waals surface area (Å²) in [5.74, 6) is 1.06. The molecule has 1 aromatic rings. The van der Waals surface area contributed by atoms with Crippen LogP contribution in [-0.4, -0.2) is 70.9 Å². The molecule has 0 amide bonds. The van der Waals surface area contributed by atoms with Crippen LogP contribution < -0.4 is 9.47 Å². The minimum absolute atomic E-state index is 0.106. The van der Waals surface area contributed by atoms with Crippen LogP contribution in [-0.2, 0) is 20.7 Å². The summed E-state index contributed by atoms with van der Waals surface area (Å²) < 4.78 is 23.3. The molecule has 4 aliphatic rings. The molecule has 0 aromatic heterocycles. The molecule has 0 saturated carbocycles. The van der Waals surface area contributed by atoms with Crippen molar-refractivity contribution >= 4 is 5.97 Å². The van der Waals surface area contributed by atoms with Crippen LogP contribution in [0.2, 0.25) is 0 Å². The van der Waals surface area contributed by atoms with Crippen molar-refractivity contribution in [3.63, 3.8) is 0 Å². The Balaban J connectivity index is 1.49. The lowest BCUT2D eigenvalue weighted by Gasteiger charge is -2.39. The summed E-state index contributed by atoms with van der Waals surface area (Å²) in [4.78, 5) is 15.9. The second-order valence-corrected chi connectivity index (χ2v) is 11.1. The summed E-state index contributed by atoms with van der Waals surface area (Å²) in [6, 6.07) is 4.08. The van der Waals surface area contributed by atoms with Crippen molar-refractivity contribution in [1.82, 2.24) is 4.90 Å². The van der Waals surface area contributed by atoms with Gasteiger partial charge >= 0.3 is 5.97 Å². The van der Waals surface area contributed by atoms with Crippen LogP contribution in [0.5, 0.6) is 11.5 Å². The number of hydrogen-bond acceptors (Lipinski definition) is 8. The Bertz CT molecular complexity index is 1080. The first kappa shape index (κ1) is 25.1. The van der Waals surface area contributed by atoms with Crippen molar-refractivity contribution < 1.29 is 34.0 Å². The van der Waals surface area contributed by atoms with Crippen LogP contribution >= 0.6 is 0 Å². The van der Waals surface area contributed by atoms with Crippen molar-refractivity contribution in [3.05, 3.63) is 47.7 Å². The lowest BCUT2D eigenvalue weighted by Crippen LogP contribution is -2.48. The molecule has 1 aliphatic carbocycles. The fraction of sp³-hybridized carbons (Fsp3) is 0.607. The van der Waals surface area contributed by atoms with Gasteiger partial charge in [-0.05, 0) is 94.3 Å². The molecule has 4 atom stereocenters. The van der Waals surface area contributed by atoms with E-state index in [1.165, 1.54) is 6.08 Å². The number of rotatable bonds is 8. The Kier molecular flexibility index (Phi) is 6.34. The van der Waals surface area contributed by atoms with Gasteiger partial charge in [0.1, 0.15) is 5.76 Å². The zero-order valence-corrected chi connectivity index (χ0v) is 21.4. The Morgan fingerprint density at radius 3 is 2.69 bits per heavy atom. The van der Waals surface area contributed by atoms with Gasteiger partial charge in [-0.1, -0.05) is 6.58 Å². The van der Waals surface area contributed by atoms with Crippen molar-refractivity contribution in [3.8, 4) is 11.5 Å². The van der Waals surface area contributed by atoms with Crippen molar-refractivity contribution in [2.75, 3.05) is 27.0 Å². The number of carbonyl (C=O) groups excluding carboxylic acids is 1. The van der Waals surface area contributed by atoms with Crippen molar-refractivity contribution in [2.45, 2.75) is 81.1 Å². The van der Waals surface area contributed by atoms with E-state index in [1.807, 2.05) is 12.1 Å². The molecule has 3 aliphatic heterocycles. The van der Waals surface area contributed by atoms with Gasteiger partial charge in [-0.3, -0.25) is 4.90 Å². The molecule has 0 bridgehead atoms. The molecule has 0 radical (unpaired) electrons. The van der Waals surface area contributed by atoms with E-state index in [4.69, 9.17) is 18.9 Å². The highest BCUT2D eigenvalue weighted by atomic mass is 16.7. The molecule has 36 heavy (non-hydrogen) atoms. The lowest BCUT2D eigenvalue weighted by molar-refractivity contribution is -0.168. The number of esters is 1. The standard InChI is InChI=1S/C28H37NO7/c1-5-28(32,11-6-9-26(2,3)31)25(30)36-24-22(33-4)16-27-10-7-12-29(27)13-8-18-14-20-21(35-17-34-20)15-19(18)23(24)27/h5,14-16,23-24,31-32H,1,6-13,17H2,2-4H3/t23-,24?,27+,28?/m1/s1. The van der Waals surface area contributed by atoms with E-state index in [0.717, 1.165) is 49.2 Å². The van der Waals surface area contributed by atoms with E-state index in [2.05, 4.69) is 17.6 Å². The second kappa shape index (κ2) is 9.08. The quantitative estimate of drug-likeness (QED) is 0.416. The minimum Gasteiger partial charge on any atom is -0.497 e. The van der Waals surface area contributed by atoms with Gasteiger partial charge in [0, 0.05) is 6.54 Å². The average molecular weight is 500 g/mol. The van der Waals surface area contributed by atoms with Crippen LogP contribution in [0.4, 0.5) is 0 Å². The molecule has 1 fully saturated rings. The predicted molar refractivity (Wildman–Crippen MR) is 133 cm³/mol. The smallest absolute Gasteiger partial charge is 0.342 e. The predicted octanol–water partition coefficient (Wildman–Crippen LogP) is 3.20. The van der Waals surface area contributed by atoms with E-state index < -0.39 is 23.3 Å². The van der Waals surface area contributed by atoms with Crippen LogP contribution in [0.25, 0.3) is 0 Å². The molecule has 1 spiro atoms. The molecule has 8 heteroatoms. The summed E-state index contributed by atoms with van der Waals surface area (Å²) in [6.07, 6.45) is 6.45. The Morgan fingerprint density at radius 1 is 1.25 bits per heavy atom. The topological polar surface area (TPSA) is 97.7 Å². The number of aliphatic hydroxyl groups is 2. The molecule has 1 saturated heterocycles. The molecular formula is C28H37NO7. The molecule has 2 unspecified atom stereocenters. The number of carbonyl (C=O) groups is 1. The fourth-order valence-corrected chi connectivity index (χ4v) is 6.39. The van der Waals surface area contributed by atoms with Crippen LogP contribution in [0.1, 0.15) is 63.0 Å². The van der Waals surface area contributed by atoms with E-state index in [0.29, 0.717) is 24.4 Å². The third-order valence-corrected chi connectivity index (χ3v) is 8.24. The van der Waals surface area contributed by atoms with E-state index in [-0.39, 0.29) is 24.7 Å². The number of nitrogens with zero attached hydrogens (tertiary/aromatic N) is 1. The zero-order chi connectivity index (χ0) is 25.7. The maximum atomic E-state index is 13.5. The Hall–Kier alpha value is -2.55. The van der Waals surface area contributed by atoms with Gasteiger partial charge in [-0.2, -0.15) is 0 Å². The van der Waals surface area contributed by atoms with Gasteiger partial charge in [-0.15, -0.1) is 0 Å². The van der Waals surface area contributed by atoms with Crippen molar-refractivity contribution in [1.29, 1.82) is 0 Å². The van der Waals surface area contributed by atoms with E-state index >= 15 is 0 Å². The number of benzene rings is 1. The van der Waals surface area contributed by atoms with Gasteiger partial charge in [0.25, 0.3) is 0 Å². The summed E-state index contributed by atoms with van der Waals surface area (Å²) in [5.41, 5.74) is -0.888. The first-order valence-electron chi connectivity index (χ1n) is 12.8. The van der Waals surface area contributed by atoms with Gasteiger partial charge in [0.15, 0.2) is 23.2 Å². The van der Waals surface area contributed by atoms with E-state index in [9.17, 15) is 15.0 Å². The van der Waals surface area contributed by atoms with Crippen molar-refractivity contribution in [2.24, 2.45) is 0 Å². The molecule has 3 heterocycles. The Morgan fingerprint density at radius 2 is 2.00 bits per heavy atom. The van der Waals surface area contributed by atoms with Gasteiger partial charge in [0.2, 0.25) is 6.79 Å². The summed E-state index contributed by atoms with van der Waals surface area (Å²) >= 11 is 0. The van der Waals surface area contributed by atoms with E-state index in [1.54, 1.807) is 21.0 Å². The number of ether oxygens (including phenoxy) is 4. The largest absolute Gasteiger partial charge is 0.497 e. The normalized spacial score (nSPS) is 28.3. The maximum Gasteiger partial charge on any atom is 0.342 e. The number of fused-ring (bicyclic) bond motifs is 3. The molecule has 1 aromatic carbocycles. The zero-order valence-electron chi connectivity index (χ0n) is 21.4. The molecule has 8 nitrogen and oxygen atoms in total. The SMILES string of the molecule is C=CC(O)(CCCC(C)(C)O)C(=O)OC1C(OC)=C[C@]23CCCN2CCc2cc4c(cc2[C@H]13)OCO4. The van der Waals surface area contributed by atoms with Crippen LogP contribution in [0.3, 0.4) is 0 Å². The first-order chi connectivity index (χ1) is 17.1. The molecular weight excluding hydrogens is 462 g/mol. The number of methoxy groups -OCH3 is 1. The molecule has 2 N–H and O–H groups in total. The highest BCUT2D eigenvalue weighted by Crippen LogP contribution is 2.55. The summed E-state index contributed by atoms with van der Waals surface area (Å²) in [5, 5.41) is 21.2. The second-order valence-electron chi connectivity index (χ2n) is 11.1. The minimum atomic E-state index is -1.86. The molecule has 196 valence electrons. The third-order valence-electron chi connectivity index (χ3n) is 8.24. The van der Waals surface area contributed by atoms with Gasteiger partial charge in [-0.25, -0.2) is 4.79 Å². The summed E-state index contributed by atoms with van der Waals surface area (Å²) in [6.45, 7) is 9.14. The fourth-order valence-electron chi connectivity index (χ4n) is 6.39.